The molecule has 5 nitrogen and oxygen atoms in total. The summed E-state index contributed by atoms with van der Waals surface area (Å²) in [5.74, 6) is -0.595. The molecule has 1 rings (SSSR count). The number of carbonyl (C=O) groups is 1. The Balaban J connectivity index is 0.00000441. The summed E-state index contributed by atoms with van der Waals surface area (Å²) < 4.78 is 23.8. The molecule has 0 saturated carbocycles. The second kappa shape index (κ2) is 12.3. The summed E-state index contributed by atoms with van der Waals surface area (Å²) in [7, 11) is 1.57. The van der Waals surface area contributed by atoms with E-state index in [0.29, 0.717) is 37.4 Å². The molecule has 2 N–H and O–H groups in total. The Morgan fingerprint density at radius 3 is 2.73 bits per heavy atom. The van der Waals surface area contributed by atoms with Crippen LogP contribution in [0.5, 0.6) is 0 Å². The summed E-state index contributed by atoms with van der Waals surface area (Å²) in [5.41, 5.74) is 0.795. The smallest absolute Gasteiger partial charge is 0.251 e. The van der Waals surface area contributed by atoms with Crippen LogP contribution in [0, 0.1) is 5.82 Å². The van der Waals surface area contributed by atoms with Crippen molar-refractivity contribution in [3.63, 3.8) is 0 Å². The van der Waals surface area contributed by atoms with Gasteiger partial charge in [-0.1, -0.05) is 6.92 Å². The molecule has 0 aromatic heterocycles. The van der Waals surface area contributed by atoms with Crippen LogP contribution in [0.15, 0.2) is 18.2 Å². The Bertz CT molecular complexity index is 447. The quantitative estimate of drug-likeness (QED) is 0.640. The van der Waals surface area contributed by atoms with Crippen LogP contribution in [0.25, 0.3) is 0 Å². The lowest BCUT2D eigenvalue weighted by atomic mass is 10.1. The lowest BCUT2D eigenvalue weighted by molar-refractivity contribution is 0.0604. The number of nitrogens with one attached hydrogen (secondary N) is 2. The fraction of sp³-hybridized carbons (Fsp3) is 0.533. The van der Waals surface area contributed by atoms with Crippen LogP contribution in [-0.2, 0) is 16.1 Å². The minimum atomic E-state index is -0.378. The fourth-order valence-electron chi connectivity index (χ4n) is 1.69. The maximum Gasteiger partial charge on any atom is 0.251 e. The summed E-state index contributed by atoms with van der Waals surface area (Å²) in [6.07, 6.45) is 0. The van der Waals surface area contributed by atoms with E-state index in [4.69, 9.17) is 9.47 Å². The van der Waals surface area contributed by atoms with Crippen molar-refractivity contribution >= 4 is 18.3 Å². The molecule has 7 heteroatoms. The van der Waals surface area contributed by atoms with Crippen molar-refractivity contribution in [1.29, 1.82) is 0 Å². The standard InChI is InChI=1S/C15H23FN2O3.ClH/c1-3-17-6-7-18-15(19)12-4-5-14(16)13(10-12)11-21-9-8-20-2;/h4-5,10,17H,3,6-9,11H2,1-2H3,(H,18,19);1H. The number of methoxy groups -OCH3 is 1. The third kappa shape index (κ3) is 7.70. The molecule has 0 radical (unpaired) electrons. The lowest BCUT2D eigenvalue weighted by Gasteiger charge is -2.09. The van der Waals surface area contributed by atoms with Crippen LogP contribution in [0.1, 0.15) is 22.8 Å². The van der Waals surface area contributed by atoms with Crippen LogP contribution in [0.4, 0.5) is 4.39 Å². The van der Waals surface area contributed by atoms with Gasteiger partial charge in [0.15, 0.2) is 0 Å². The molecular weight excluding hydrogens is 311 g/mol. The van der Waals surface area contributed by atoms with Gasteiger partial charge in [-0.3, -0.25) is 4.79 Å². The fourth-order valence-corrected chi connectivity index (χ4v) is 1.69. The Kier molecular flexibility index (Phi) is 11.7. The lowest BCUT2D eigenvalue weighted by Crippen LogP contribution is -2.31. The number of ether oxygens (including phenoxy) is 2. The van der Waals surface area contributed by atoms with Gasteiger partial charge in [-0.05, 0) is 24.7 Å². The normalized spacial score (nSPS) is 10.1. The minimum absolute atomic E-state index is 0. The van der Waals surface area contributed by atoms with Crippen molar-refractivity contribution in [3.05, 3.63) is 35.1 Å². The number of halogens is 2. The first kappa shape index (κ1) is 20.8. The second-order valence-electron chi connectivity index (χ2n) is 4.46. The minimum Gasteiger partial charge on any atom is -0.382 e. The first-order chi connectivity index (χ1) is 10.2. The van der Waals surface area contributed by atoms with Crippen LogP contribution < -0.4 is 10.6 Å². The third-order valence-corrected chi connectivity index (χ3v) is 2.83. The van der Waals surface area contributed by atoms with Crippen LogP contribution >= 0.6 is 12.4 Å². The number of carbonyl (C=O) groups excluding carboxylic acids is 1. The summed E-state index contributed by atoms with van der Waals surface area (Å²) >= 11 is 0. The van der Waals surface area contributed by atoms with Gasteiger partial charge >= 0.3 is 0 Å². The highest BCUT2D eigenvalue weighted by molar-refractivity contribution is 5.94. The average Bonchev–Trinajstić information content (AvgIpc) is 2.49. The zero-order chi connectivity index (χ0) is 15.5. The van der Waals surface area contributed by atoms with Crippen molar-refractivity contribution in [2.75, 3.05) is 40.0 Å². The summed E-state index contributed by atoms with van der Waals surface area (Å²) in [6.45, 7) is 5.04. The van der Waals surface area contributed by atoms with E-state index in [9.17, 15) is 9.18 Å². The monoisotopic (exact) mass is 334 g/mol. The SMILES string of the molecule is CCNCCNC(=O)c1ccc(F)c(COCCOC)c1.Cl. The van der Waals surface area contributed by atoms with E-state index < -0.39 is 0 Å². The van der Waals surface area contributed by atoms with Gasteiger partial charge in [0.05, 0.1) is 19.8 Å². The highest BCUT2D eigenvalue weighted by Crippen LogP contribution is 2.12. The topological polar surface area (TPSA) is 59.6 Å². The maximum atomic E-state index is 13.6. The molecule has 0 fully saturated rings. The largest absolute Gasteiger partial charge is 0.382 e. The first-order valence-electron chi connectivity index (χ1n) is 7.03. The van der Waals surface area contributed by atoms with Crippen molar-refractivity contribution in [1.82, 2.24) is 10.6 Å². The van der Waals surface area contributed by atoms with E-state index in [0.717, 1.165) is 6.54 Å². The molecule has 0 heterocycles. The van der Waals surface area contributed by atoms with Gasteiger partial charge < -0.3 is 20.1 Å². The summed E-state index contributed by atoms with van der Waals surface area (Å²) in [5, 5.41) is 5.88. The van der Waals surface area contributed by atoms with Crippen LogP contribution in [-0.4, -0.2) is 45.9 Å². The number of likely N-dealkylation sites (N-methyl/N-ethyl adjacent to an activating group) is 1. The van der Waals surface area contributed by atoms with Crippen molar-refractivity contribution in [3.8, 4) is 0 Å². The molecular formula is C15H24ClFN2O3. The van der Waals surface area contributed by atoms with Crippen LogP contribution in [0.3, 0.4) is 0 Å². The molecule has 0 spiro atoms. The maximum absolute atomic E-state index is 13.6. The van der Waals surface area contributed by atoms with Crippen molar-refractivity contribution in [2.45, 2.75) is 13.5 Å². The number of rotatable bonds is 10. The number of amides is 1. The molecule has 126 valence electrons. The van der Waals surface area contributed by atoms with Crippen molar-refractivity contribution in [2.24, 2.45) is 0 Å². The van der Waals surface area contributed by atoms with Crippen molar-refractivity contribution < 1.29 is 18.7 Å². The van der Waals surface area contributed by atoms with Gasteiger partial charge in [0.1, 0.15) is 5.82 Å². The molecule has 1 aromatic rings. The van der Waals surface area contributed by atoms with E-state index in [1.54, 1.807) is 7.11 Å². The van der Waals surface area contributed by atoms with E-state index in [1.165, 1.54) is 18.2 Å². The number of hydrogen-bond donors (Lipinski definition) is 2. The molecule has 0 aliphatic carbocycles. The van der Waals surface area contributed by atoms with E-state index in [2.05, 4.69) is 10.6 Å². The molecule has 0 aliphatic heterocycles. The molecule has 1 amide bonds. The van der Waals surface area contributed by atoms with Gasteiger partial charge in [-0.2, -0.15) is 0 Å². The molecule has 0 saturated heterocycles. The van der Waals surface area contributed by atoms with E-state index in [1.807, 2.05) is 6.92 Å². The molecule has 1 aromatic carbocycles. The molecule has 0 bridgehead atoms. The van der Waals surface area contributed by atoms with E-state index >= 15 is 0 Å². The highest BCUT2D eigenvalue weighted by atomic mass is 35.5. The van der Waals surface area contributed by atoms with Gasteiger partial charge in [0.2, 0.25) is 0 Å². The van der Waals surface area contributed by atoms with E-state index in [-0.39, 0.29) is 30.7 Å². The summed E-state index contributed by atoms with van der Waals surface area (Å²) in [4.78, 5) is 11.9. The molecule has 22 heavy (non-hydrogen) atoms. The Labute approximate surface area is 137 Å². The molecule has 0 unspecified atom stereocenters. The zero-order valence-electron chi connectivity index (χ0n) is 13.0. The molecule has 0 atom stereocenters. The van der Waals surface area contributed by atoms with Crippen LogP contribution in [0.2, 0.25) is 0 Å². The predicted molar refractivity (Wildman–Crippen MR) is 86.1 cm³/mol. The highest BCUT2D eigenvalue weighted by Gasteiger charge is 2.09. The second-order valence-corrected chi connectivity index (χ2v) is 4.46. The Hall–Kier alpha value is -1.21. The van der Waals surface area contributed by atoms with Gasteiger partial charge in [-0.25, -0.2) is 4.39 Å². The predicted octanol–water partition coefficient (Wildman–Crippen LogP) is 1.75. The Morgan fingerprint density at radius 2 is 2.05 bits per heavy atom. The number of benzene rings is 1. The average molecular weight is 335 g/mol. The third-order valence-electron chi connectivity index (χ3n) is 2.83. The summed E-state index contributed by atoms with van der Waals surface area (Å²) in [6, 6.07) is 4.27. The van der Waals surface area contributed by atoms with Gasteiger partial charge in [-0.15, -0.1) is 12.4 Å². The first-order valence-corrected chi connectivity index (χ1v) is 7.03. The molecule has 0 aliphatic rings. The Morgan fingerprint density at radius 1 is 1.27 bits per heavy atom. The zero-order valence-corrected chi connectivity index (χ0v) is 13.8. The van der Waals surface area contributed by atoms with Gasteiger partial charge in [0.25, 0.3) is 5.91 Å². The number of hydrogen-bond acceptors (Lipinski definition) is 4. The van der Waals surface area contributed by atoms with Gasteiger partial charge in [0, 0.05) is 31.3 Å².